The lowest BCUT2D eigenvalue weighted by Gasteiger charge is -2.20. The van der Waals surface area contributed by atoms with Gasteiger partial charge in [-0.15, -0.1) is 0 Å². The normalized spacial score (nSPS) is 15.5. The summed E-state index contributed by atoms with van der Waals surface area (Å²) in [7, 11) is -4.76. The second-order valence-electron chi connectivity index (χ2n) is 3.74. The van der Waals surface area contributed by atoms with E-state index in [1.165, 1.54) is 0 Å². The Morgan fingerprint density at radius 3 is 2.42 bits per heavy atom. The molecule has 0 saturated heterocycles. The Labute approximate surface area is 109 Å². The zero-order valence-corrected chi connectivity index (χ0v) is 10.6. The van der Waals surface area contributed by atoms with Gasteiger partial charge in [0.15, 0.2) is 0 Å². The Hall–Kier alpha value is -2.14. The average Bonchev–Trinajstić information content (AvgIpc) is 2.33. The summed E-state index contributed by atoms with van der Waals surface area (Å²) in [6, 6.07) is 0. The Kier molecular flexibility index (Phi) is 3.40. The Morgan fingerprint density at radius 2 is 1.95 bits per heavy atom. The highest BCUT2D eigenvalue weighted by atomic mass is 32.3. The first-order valence-corrected chi connectivity index (χ1v) is 6.66. The molecular formula is C8H13N6O4S+. The quantitative estimate of drug-likeness (QED) is 0.324. The van der Waals surface area contributed by atoms with Gasteiger partial charge in [-0.2, -0.15) is 8.42 Å². The van der Waals surface area contributed by atoms with Crippen molar-refractivity contribution in [2.45, 2.75) is 6.42 Å². The van der Waals surface area contributed by atoms with Gasteiger partial charge in [0, 0.05) is 13.1 Å². The highest BCUT2D eigenvalue weighted by molar-refractivity contribution is 7.80. The number of nitrogen functional groups attached to an aromatic ring is 2. The smallest absolute Gasteiger partial charge is 0.320 e. The van der Waals surface area contributed by atoms with Crippen molar-refractivity contribution in [2.75, 3.05) is 29.5 Å². The summed E-state index contributed by atoms with van der Waals surface area (Å²) in [6.07, 6.45) is 4.79. The molecule has 1 aliphatic rings. The number of rotatable bonds is 3. The monoisotopic (exact) mass is 289 g/mol. The summed E-state index contributed by atoms with van der Waals surface area (Å²) in [5.74, 6) is -0.418. The molecule has 0 atom stereocenters. The van der Waals surface area contributed by atoms with Gasteiger partial charge >= 0.3 is 28.2 Å². The van der Waals surface area contributed by atoms with Crippen LogP contribution < -0.4 is 25.4 Å². The molecular weight excluding hydrogens is 276 g/mol. The molecule has 0 spiro atoms. The van der Waals surface area contributed by atoms with Crippen LogP contribution in [0, 0.1) is 0 Å². The van der Waals surface area contributed by atoms with Crippen LogP contribution in [0.2, 0.25) is 0 Å². The minimum absolute atomic E-state index is 0.259. The summed E-state index contributed by atoms with van der Waals surface area (Å²) >= 11 is 0. The minimum Gasteiger partial charge on any atom is -0.320 e. The predicted octanol–water partition coefficient (Wildman–Crippen LogP) is -2.07. The van der Waals surface area contributed by atoms with Crippen LogP contribution in [0.3, 0.4) is 0 Å². The summed E-state index contributed by atoms with van der Waals surface area (Å²) in [4.78, 5) is 9.58. The third-order valence-corrected chi connectivity index (χ3v) is 2.69. The topological polar surface area (TPSA) is 149 Å². The second kappa shape index (κ2) is 4.85. The molecule has 0 aromatic carbocycles. The lowest BCUT2D eigenvalue weighted by Crippen LogP contribution is -2.51. The largest absolute Gasteiger partial charge is 0.472 e. The van der Waals surface area contributed by atoms with Crippen molar-refractivity contribution in [3.63, 3.8) is 0 Å². The molecule has 0 unspecified atom stereocenters. The van der Waals surface area contributed by atoms with Gasteiger partial charge in [-0.25, -0.2) is 4.28 Å². The van der Waals surface area contributed by atoms with Crippen molar-refractivity contribution in [3.05, 3.63) is 12.2 Å². The average molecular weight is 289 g/mol. The van der Waals surface area contributed by atoms with E-state index in [9.17, 15) is 8.42 Å². The molecule has 0 saturated carbocycles. The number of aromatic nitrogens is 3. The minimum atomic E-state index is -4.76. The Bertz CT molecular complexity index is 593. The van der Waals surface area contributed by atoms with Gasteiger partial charge in [0.2, 0.25) is 0 Å². The van der Waals surface area contributed by atoms with Crippen molar-refractivity contribution in [2.24, 2.45) is 0 Å². The highest BCUT2D eigenvalue weighted by Crippen LogP contribution is 2.12. The number of nitrogens with zero attached hydrogens (tertiary/aromatic N) is 4. The number of nitrogens with two attached hydrogens (primary N) is 2. The molecule has 0 aliphatic carbocycles. The van der Waals surface area contributed by atoms with Crippen LogP contribution in [0.4, 0.5) is 17.8 Å². The van der Waals surface area contributed by atoms with Crippen LogP contribution in [-0.4, -0.2) is 36.0 Å². The van der Waals surface area contributed by atoms with E-state index in [1.54, 1.807) is 0 Å². The zero-order chi connectivity index (χ0) is 14.0. The number of hydrogen-bond donors (Lipinski definition) is 3. The predicted molar refractivity (Wildman–Crippen MR) is 65.2 cm³/mol. The molecule has 11 heteroatoms. The standard InChI is InChI=1S/C8H12N6O4S/c9-6-11-8(13-4-2-1-3-5-13)12-7(10)14(6)18-19(15,16)17/h1-2H,3-5H2,(H4,9,10,11,12,15,16,17)/p+1. The van der Waals surface area contributed by atoms with E-state index >= 15 is 0 Å². The van der Waals surface area contributed by atoms with Gasteiger partial charge in [0.25, 0.3) is 0 Å². The van der Waals surface area contributed by atoms with Crippen LogP contribution in [0.15, 0.2) is 12.2 Å². The van der Waals surface area contributed by atoms with Gasteiger partial charge < -0.3 is 16.4 Å². The molecule has 2 heterocycles. The van der Waals surface area contributed by atoms with Crippen LogP contribution >= 0.6 is 0 Å². The molecule has 0 radical (unpaired) electrons. The van der Waals surface area contributed by atoms with Gasteiger partial charge in [-0.05, 0) is 11.2 Å². The molecule has 0 fully saturated rings. The molecule has 0 bridgehead atoms. The third-order valence-electron chi connectivity index (χ3n) is 2.35. The first-order chi connectivity index (χ1) is 8.87. The van der Waals surface area contributed by atoms with E-state index in [4.69, 9.17) is 16.0 Å². The van der Waals surface area contributed by atoms with E-state index < -0.39 is 10.4 Å². The molecule has 5 N–H and O–H groups in total. The highest BCUT2D eigenvalue weighted by Gasteiger charge is 2.24. The number of anilines is 3. The fraction of sp³-hybridized carbons (Fsp3) is 0.375. The summed E-state index contributed by atoms with van der Waals surface area (Å²) in [5, 5.41) is 0. The zero-order valence-electron chi connectivity index (χ0n) is 9.80. The maximum Gasteiger partial charge on any atom is 0.472 e. The molecule has 10 nitrogen and oxygen atoms in total. The van der Waals surface area contributed by atoms with Crippen molar-refractivity contribution in [1.29, 1.82) is 0 Å². The first kappa shape index (κ1) is 13.3. The fourth-order valence-electron chi connectivity index (χ4n) is 1.57. The van der Waals surface area contributed by atoms with Crippen molar-refractivity contribution in [1.82, 2.24) is 9.97 Å². The van der Waals surface area contributed by atoms with E-state index in [1.807, 2.05) is 17.1 Å². The van der Waals surface area contributed by atoms with E-state index in [0.29, 0.717) is 17.8 Å². The molecule has 2 rings (SSSR count). The van der Waals surface area contributed by atoms with Crippen LogP contribution in [0.5, 0.6) is 0 Å². The summed E-state index contributed by atoms with van der Waals surface area (Å²) in [6.45, 7) is 1.29. The van der Waals surface area contributed by atoms with E-state index in [-0.39, 0.29) is 17.8 Å². The molecule has 1 aliphatic heterocycles. The fourth-order valence-corrected chi connectivity index (χ4v) is 1.91. The molecule has 1 aromatic rings. The second-order valence-corrected chi connectivity index (χ2v) is 4.75. The maximum absolute atomic E-state index is 10.6. The molecule has 104 valence electrons. The first-order valence-electron chi connectivity index (χ1n) is 5.29. The lowest BCUT2D eigenvalue weighted by molar-refractivity contribution is -0.836. The lowest BCUT2D eigenvalue weighted by atomic mass is 10.3. The van der Waals surface area contributed by atoms with Gasteiger partial charge in [-0.3, -0.25) is 4.55 Å². The van der Waals surface area contributed by atoms with Gasteiger partial charge in [0.1, 0.15) is 0 Å². The third kappa shape index (κ3) is 3.20. The Balaban J connectivity index is 2.33. The SMILES string of the molecule is Nc1nc(N2CC=CCC2)nc(N)[n+]1OS(=O)(=O)O. The van der Waals surface area contributed by atoms with Gasteiger partial charge in [-0.1, -0.05) is 22.1 Å². The summed E-state index contributed by atoms with van der Waals surface area (Å²) < 4.78 is 34.4. The Morgan fingerprint density at radius 1 is 1.32 bits per heavy atom. The molecule has 0 amide bonds. The van der Waals surface area contributed by atoms with Crippen LogP contribution in [-0.2, 0) is 10.4 Å². The van der Waals surface area contributed by atoms with Crippen molar-refractivity contribution in [3.8, 4) is 0 Å². The van der Waals surface area contributed by atoms with Crippen molar-refractivity contribution >= 4 is 28.2 Å². The number of hydrogen-bond acceptors (Lipinski definition) is 8. The van der Waals surface area contributed by atoms with Crippen LogP contribution in [0.1, 0.15) is 6.42 Å². The van der Waals surface area contributed by atoms with Gasteiger partial charge in [0.05, 0.1) is 0 Å². The van der Waals surface area contributed by atoms with Crippen molar-refractivity contribution < 1.29 is 22.0 Å². The van der Waals surface area contributed by atoms with Crippen LogP contribution in [0.25, 0.3) is 0 Å². The van der Waals surface area contributed by atoms with E-state index in [2.05, 4.69) is 14.3 Å². The molecule has 1 aromatic heterocycles. The van der Waals surface area contributed by atoms with E-state index in [0.717, 1.165) is 6.42 Å². The molecule has 19 heavy (non-hydrogen) atoms. The maximum atomic E-state index is 10.6. The summed E-state index contributed by atoms with van der Waals surface area (Å²) in [5.41, 5.74) is 11.0.